The molecule has 0 aromatic heterocycles. The SMILES string of the molecule is CCCCCCCCCCCCNC(=O)C1CCCN1C(=O)C1CCN1.Cl. The molecule has 2 heterocycles. The average Bonchev–Trinajstić information content (AvgIpc) is 3.08. The van der Waals surface area contributed by atoms with Gasteiger partial charge in [0.1, 0.15) is 6.04 Å². The number of carbonyl (C=O) groups is 2. The third-order valence-corrected chi connectivity index (χ3v) is 5.79. The molecular weight excluding hydrogens is 362 g/mol. The highest BCUT2D eigenvalue weighted by Gasteiger charge is 2.38. The minimum absolute atomic E-state index is 0. The van der Waals surface area contributed by atoms with Crippen LogP contribution in [0.1, 0.15) is 90.4 Å². The third-order valence-electron chi connectivity index (χ3n) is 5.79. The van der Waals surface area contributed by atoms with Gasteiger partial charge in [-0.15, -0.1) is 12.4 Å². The first-order valence-electron chi connectivity index (χ1n) is 11.1. The lowest BCUT2D eigenvalue weighted by Crippen LogP contribution is -2.57. The molecule has 2 saturated heterocycles. The smallest absolute Gasteiger partial charge is 0.242 e. The van der Waals surface area contributed by atoms with Crippen molar-refractivity contribution >= 4 is 24.2 Å². The van der Waals surface area contributed by atoms with Gasteiger partial charge >= 0.3 is 0 Å². The van der Waals surface area contributed by atoms with Crippen LogP contribution >= 0.6 is 12.4 Å². The molecule has 2 atom stereocenters. The summed E-state index contributed by atoms with van der Waals surface area (Å²) >= 11 is 0. The van der Waals surface area contributed by atoms with Gasteiger partial charge < -0.3 is 15.5 Å². The number of rotatable bonds is 13. The van der Waals surface area contributed by atoms with Crippen LogP contribution in [0.15, 0.2) is 0 Å². The molecule has 0 aromatic rings. The summed E-state index contributed by atoms with van der Waals surface area (Å²) in [6.07, 6.45) is 15.7. The van der Waals surface area contributed by atoms with Crippen LogP contribution in [0.5, 0.6) is 0 Å². The van der Waals surface area contributed by atoms with Crippen molar-refractivity contribution in [2.45, 2.75) is 102 Å². The zero-order valence-corrected chi connectivity index (χ0v) is 18.0. The number of unbranched alkanes of at least 4 members (excludes halogenated alkanes) is 9. The first kappa shape index (κ1) is 24.2. The number of halogens is 1. The quantitative estimate of drug-likeness (QED) is 0.461. The maximum absolute atomic E-state index is 12.4. The number of carbonyl (C=O) groups excluding carboxylic acids is 2. The summed E-state index contributed by atoms with van der Waals surface area (Å²) < 4.78 is 0. The van der Waals surface area contributed by atoms with Gasteiger partial charge in [-0.1, -0.05) is 64.7 Å². The summed E-state index contributed by atoms with van der Waals surface area (Å²) in [5.41, 5.74) is 0. The Kier molecular flexibility index (Phi) is 12.8. The molecule has 5 nitrogen and oxygen atoms in total. The Hall–Kier alpha value is -0.810. The molecule has 0 radical (unpaired) electrons. The minimum Gasteiger partial charge on any atom is -0.354 e. The molecule has 2 unspecified atom stereocenters. The van der Waals surface area contributed by atoms with E-state index in [1.165, 1.54) is 57.8 Å². The average molecular weight is 402 g/mol. The van der Waals surface area contributed by atoms with E-state index >= 15 is 0 Å². The van der Waals surface area contributed by atoms with Crippen LogP contribution in [0, 0.1) is 0 Å². The summed E-state index contributed by atoms with van der Waals surface area (Å²) in [4.78, 5) is 26.6. The van der Waals surface area contributed by atoms with Crippen LogP contribution in [0.3, 0.4) is 0 Å². The molecule has 0 bridgehead atoms. The number of nitrogens with zero attached hydrogens (tertiary/aromatic N) is 1. The van der Waals surface area contributed by atoms with Crippen molar-refractivity contribution in [1.82, 2.24) is 15.5 Å². The van der Waals surface area contributed by atoms with Crippen LogP contribution in [0.25, 0.3) is 0 Å². The third kappa shape index (κ3) is 8.39. The van der Waals surface area contributed by atoms with Gasteiger partial charge in [0.05, 0.1) is 6.04 Å². The fourth-order valence-electron chi connectivity index (χ4n) is 3.94. The van der Waals surface area contributed by atoms with E-state index in [2.05, 4.69) is 17.6 Å². The molecule has 0 aromatic carbocycles. The molecule has 27 heavy (non-hydrogen) atoms. The highest BCUT2D eigenvalue weighted by molar-refractivity contribution is 5.90. The number of hydrogen-bond acceptors (Lipinski definition) is 3. The molecule has 2 aliphatic heterocycles. The van der Waals surface area contributed by atoms with Gasteiger partial charge in [0.25, 0.3) is 0 Å². The lowest BCUT2D eigenvalue weighted by molar-refractivity contribution is -0.141. The second kappa shape index (κ2) is 14.2. The highest BCUT2D eigenvalue weighted by atomic mass is 35.5. The Balaban J connectivity index is 0.00000364. The van der Waals surface area contributed by atoms with Crippen molar-refractivity contribution in [2.24, 2.45) is 0 Å². The van der Waals surface area contributed by atoms with E-state index in [4.69, 9.17) is 0 Å². The van der Waals surface area contributed by atoms with Gasteiger partial charge in [-0.2, -0.15) is 0 Å². The topological polar surface area (TPSA) is 61.4 Å². The Morgan fingerprint density at radius 3 is 2.11 bits per heavy atom. The van der Waals surface area contributed by atoms with Crippen LogP contribution in [0.2, 0.25) is 0 Å². The molecule has 6 heteroatoms. The van der Waals surface area contributed by atoms with Crippen molar-refractivity contribution in [1.29, 1.82) is 0 Å². The number of nitrogens with one attached hydrogen (secondary N) is 2. The van der Waals surface area contributed by atoms with Gasteiger partial charge in [-0.05, 0) is 32.2 Å². The number of hydrogen-bond donors (Lipinski definition) is 2. The standard InChI is InChI=1S/C21H39N3O2.ClH/c1-2-3-4-5-6-7-8-9-10-11-15-23-20(25)19-13-12-17-24(19)21(26)18-14-16-22-18;/h18-19,22H,2-17H2,1H3,(H,23,25);1H. The molecule has 158 valence electrons. The summed E-state index contributed by atoms with van der Waals surface area (Å²) in [5, 5.41) is 6.21. The van der Waals surface area contributed by atoms with E-state index in [9.17, 15) is 9.59 Å². The fourth-order valence-corrected chi connectivity index (χ4v) is 3.94. The minimum atomic E-state index is -0.243. The predicted molar refractivity (Wildman–Crippen MR) is 113 cm³/mol. The molecule has 2 N–H and O–H groups in total. The molecular formula is C21H40ClN3O2. The van der Waals surface area contributed by atoms with Gasteiger partial charge in [0, 0.05) is 13.1 Å². The van der Waals surface area contributed by atoms with Crippen molar-refractivity contribution in [3.05, 3.63) is 0 Å². The second-order valence-corrected chi connectivity index (χ2v) is 7.96. The molecule has 2 rings (SSSR count). The maximum Gasteiger partial charge on any atom is 0.242 e. The molecule has 0 spiro atoms. The lowest BCUT2D eigenvalue weighted by Gasteiger charge is -2.33. The van der Waals surface area contributed by atoms with Crippen molar-refractivity contribution in [3.63, 3.8) is 0 Å². The summed E-state index contributed by atoms with van der Waals surface area (Å²) in [7, 11) is 0. The lowest BCUT2D eigenvalue weighted by atomic mass is 10.1. The maximum atomic E-state index is 12.4. The van der Waals surface area contributed by atoms with Crippen molar-refractivity contribution in [3.8, 4) is 0 Å². The van der Waals surface area contributed by atoms with Crippen LogP contribution in [0.4, 0.5) is 0 Å². The summed E-state index contributed by atoms with van der Waals surface area (Å²) in [6.45, 7) is 4.65. The Morgan fingerprint density at radius 1 is 0.963 bits per heavy atom. The van der Waals surface area contributed by atoms with Crippen LogP contribution in [-0.2, 0) is 9.59 Å². The first-order valence-corrected chi connectivity index (χ1v) is 11.1. The Labute approximate surface area is 171 Å². The van der Waals surface area contributed by atoms with E-state index in [1.54, 1.807) is 4.90 Å². The van der Waals surface area contributed by atoms with Gasteiger partial charge in [0.2, 0.25) is 11.8 Å². The molecule has 0 saturated carbocycles. The Bertz CT molecular complexity index is 430. The van der Waals surface area contributed by atoms with Crippen LogP contribution < -0.4 is 10.6 Å². The largest absolute Gasteiger partial charge is 0.354 e. The van der Waals surface area contributed by atoms with Crippen molar-refractivity contribution in [2.75, 3.05) is 19.6 Å². The zero-order chi connectivity index (χ0) is 18.6. The predicted octanol–water partition coefficient (Wildman–Crippen LogP) is 3.80. The van der Waals surface area contributed by atoms with E-state index in [-0.39, 0.29) is 36.3 Å². The second-order valence-electron chi connectivity index (χ2n) is 7.96. The van der Waals surface area contributed by atoms with E-state index in [1.807, 2.05) is 0 Å². The number of amides is 2. The molecule has 2 fully saturated rings. The van der Waals surface area contributed by atoms with E-state index in [0.29, 0.717) is 0 Å². The van der Waals surface area contributed by atoms with Crippen molar-refractivity contribution < 1.29 is 9.59 Å². The Morgan fingerprint density at radius 2 is 1.56 bits per heavy atom. The highest BCUT2D eigenvalue weighted by Crippen LogP contribution is 2.20. The normalized spacial score (nSPS) is 21.4. The summed E-state index contributed by atoms with van der Waals surface area (Å²) in [6, 6.07) is -0.293. The van der Waals surface area contributed by atoms with E-state index < -0.39 is 0 Å². The monoisotopic (exact) mass is 401 g/mol. The molecule has 2 amide bonds. The van der Waals surface area contributed by atoms with E-state index in [0.717, 1.165) is 45.3 Å². The first-order chi connectivity index (χ1) is 12.7. The summed E-state index contributed by atoms with van der Waals surface area (Å²) in [5.74, 6) is 0.166. The fraction of sp³-hybridized carbons (Fsp3) is 0.905. The van der Waals surface area contributed by atoms with Gasteiger partial charge in [-0.25, -0.2) is 0 Å². The van der Waals surface area contributed by atoms with Gasteiger partial charge in [0.15, 0.2) is 0 Å². The van der Waals surface area contributed by atoms with Gasteiger partial charge in [-0.3, -0.25) is 9.59 Å². The van der Waals surface area contributed by atoms with Crippen LogP contribution in [-0.4, -0.2) is 48.4 Å². The number of likely N-dealkylation sites (tertiary alicyclic amines) is 1. The molecule has 2 aliphatic rings. The molecule has 0 aliphatic carbocycles. The zero-order valence-electron chi connectivity index (χ0n) is 17.1.